The van der Waals surface area contributed by atoms with Gasteiger partial charge in [-0.3, -0.25) is 4.90 Å². The number of sulfonamides is 1. The van der Waals surface area contributed by atoms with E-state index in [1.807, 2.05) is 6.92 Å². The van der Waals surface area contributed by atoms with E-state index in [0.717, 1.165) is 32.4 Å². The second-order valence-corrected chi connectivity index (χ2v) is 8.09. The molecular weight excluding hydrogens is 264 g/mol. The molecule has 0 aromatic carbocycles. The van der Waals surface area contributed by atoms with Gasteiger partial charge in [-0.1, -0.05) is 0 Å². The lowest BCUT2D eigenvalue weighted by Crippen LogP contribution is -2.57. The second-order valence-electron chi connectivity index (χ2n) is 6.12. The summed E-state index contributed by atoms with van der Waals surface area (Å²) in [6.45, 7) is 5.44. The first kappa shape index (κ1) is 13.8. The predicted octanol–water partition coefficient (Wildman–Crippen LogP) is 0.664. The highest BCUT2D eigenvalue weighted by atomic mass is 32.2. The topological polar surface area (TPSA) is 49.9 Å². The summed E-state index contributed by atoms with van der Waals surface area (Å²) in [6, 6.07) is 0.538. The molecule has 19 heavy (non-hydrogen) atoms. The predicted molar refractivity (Wildman–Crippen MR) is 73.5 cm³/mol. The summed E-state index contributed by atoms with van der Waals surface area (Å²) in [6.07, 6.45) is 4.14. The molecule has 0 amide bonds. The highest BCUT2D eigenvalue weighted by molar-refractivity contribution is 7.89. The van der Waals surface area contributed by atoms with Crippen LogP contribution in [0.2, 0.25) is 0 Å². The first-order chi connectivity index (χ1) is 9.06. The Morgan fingerprint density at radius 2 is 2.05 bits per heavy atom. The molecule has 3 heterocycles. The maximum atomic E-state index is 12.6. The van der Waals surface area contributed by atoms with E-state index in [1.165, 1.54) is 6.42 Å². The Morgan fingerprint density at radius 3 is 2.79 bits per heavy atom. The maximum Gasteiger partial charge on any atom is 0.217 e. The molecule has 0 aromatic heterocycles. The Bertz CT molecular complexity index is 420. The van der Waals surface area contributed by atoms with E-state index in [2.05, 4.69) is 4.90 Å². The van der Waals surface area contributed by atoms with Gasteiger partial charge < -0.3 is 4.74 Å². The molecule has 3 rings (SSSR count). The number of hydrogen-bond acceptors (Lipinski definition) is 4. The van der Waals surface area contributed by atoms with E-state index < -0.39 is 10.0 Å². The fourth-order valence-corrected chi connectivity index (χ4v) is 5.59. The van der Waals surface area contributed by atoms with Crippen molar-refractivity contribution in [3.05, 3.63) is 0 Å². The molecule has 3 unspecified atom stereocenters. The van der Waals surface area contributed by atoms with Crippen molar-refractivity contribution in [3.63, 3.8) is 0 Å². The van der Waals surface area contributed by atoms with Crippen molar-refractivity contribution in [3.8, 4) is 0 Å². The van der Waals surface area contributed by atoms with E-state index in [1.54, 1.807) is 4.31 Å². The average molecular weight is 288 g/mol. The van der Waals surface area contributed by atoms with Crippen LogP contribution in [0.3, 0.4) is 0 Å². The average Bonchev–Trinajstić information content (AvgIpc) is 2.97. The second kappa shape index (κ2) is 5.31. The summed E-state index contributed by atoms with van der Waals surface area (Å²) in [5.74, 6) is 0.171. The highest BCUT2D eigenvalue weighted by Gasteiger charge is 2.40. The fraction of sp³-hybridized carbons (Fsp3) is 1.00. The van der Waals surface area contributed by atoms with Crippen LogP contribution in [0.15, 0.2) is 0 Å². The van der Waals surface area contributed by atoms with E-state index in [4.69, 9.17) is 4.74 Å². The van der Waals surface area contributed by atoms with Crippen LogP contribution < -0.4 is 0 Å². The van der Waals surface area contributed by atoms with Crippen LogP contribution in [0.5, 0.6) is 0 Å². The molecule has 5 nitrogen and oxygen atoms in total. The Labute approximate surface area is 115 Å². The van der Waals surface area contributed by atoms with E-state index in [9.17, 15) is 8.42 Å². The Balaban J connectivity index is 1.69. The summed E-state index contributed by atoms with van der Waals surface area (Å²) in [7, 11) is -3.17. The van der Waals surface area contributed by atoms with Gasteiger partial charge in [0, 0.05) is 31.8 Å². The third-order valence-corrected chi connectivity index (χ3v) is 6.67. The van der Waals surface area contributed by atoms with Crippen molar-refractivity contribution in [2.75, 3.05) is 32.0 Å². The van der Waals surface area contributed by atoms with Crippen LogP contribution in [0.1, 0.15) is 32.6 Å². The summed E-state index contributed by atoms with van der Waals surface area (Å²) >= 11 is 0. The molecule has 0 saturated carbocycles. The zero-order valence-electron chi connectivity index (χ0n) is 11.6. The summed E-state index contributed by atoms with van der Waals surface area (Å²) in [5, 5.41) is 0. The van der Waals surface area contributed by atoms with Gasteiger partial charge in [0.1, 0.15) is 0 Å². The van der Waals surface area contributed by atoms with E-state index >= 15 is 0 Å². The van der Waals surface area contributed by atoms with E-state index in [0.29, 0.717) is 19.2 Å². The first-order valence-electron chi connectivity index (χ1n) is 7.41. The lowest BCUT2D eigenvalue weighted by Gasteiger charge is -2.41. The monoisotopic (exact) mass is 288 g/mol. The third kappa shape index (κ3) is 2.82. The van der Waals surface area contributed by atoms with Gasteiger partial charge in [0.2, 0.25) is 10.0 Å². The lowest BCUT2D eigenvalue weighted by molar-refractivity contribution is 0.109. The number of rotatable bonds is 3. The molecule has 0 aliphatic carbocycles. The normalized spacial score (nSPS) is 37.6. The molecule has 3 saturated heterocycles. The molecule has 0 spiro atoms. The molecule has 3 aliphatic rings. The molecular formula is C13H24N2O3S. The number of fused-ring (bicyclic) bond motifs is 1. The molecule has 110 valence electrons. The van der Waals surface area contributed by atoms with E-state index in [-0.39, 0.29) is 17.9 Å². The van der Waals surface area contributed by atoms with Crippen LogP contribution >= 0.6 is 0 Å². The van der Waals surface area contributed by atoms with Crippen molar-refractivity contribution in [1.29, 1.82) is 0 Å². The van der Waals surface area contributed by atoms with Gasteiger partial charge in [0.15, 0.2) is 0 Å². The van der Waals surface area contributed by atoms with Crippen LogP contribution in [0, 0.1) is 0 Å². The number of ether oxygens (including phenoxy) is 1. The smallest absolute Gasteiger partial charge is 0.217 e. The minimum absolute atomic E-state index is 0.0844. The number of nitrogens with zero attached hydrogens (tertiary/aromatic N) is 2. The molecule has 0 bridgehead atoms. The zero-order valence-corrected chi connectivity index (χ0v) is 12.4. The molecule has 0 N–H and O–H groups in total. The number of hydrogen-bond donors (Lipinski definition) is 0. The van der Waals surface area contributed by atoms with Crippen molar-refractivity contribution in [1.82, 2.24) is 9.21 Å². The fourth-order valence-electron chi connectivity index (χ4n) is 3.65. The molecule has 3 aliphatic heterocycles. The van der Waals surface area contributed by atoms with Crippen LogP contribution in [-0.2, 0) is 14.8 Å². The largest absolute Gasteiger partial charge is 0.377 e. The van der Waals surface area contributed by atoms with Gasteiger partial charge in [-0.05, 0) is 39.2 Å². The van der Waals surface area contributed by atoms with Gasteiger partial charge in [-0.15, -0.1) is 0 Å². The summed E-state index contributed by atoms with van der Waals surface area (Å²) in [5.41, 5.74) is 0. The summed E-state index contributed by atoms with van der Waals surface area (Å²) in [4.78, 5) is 2.45. The quantitative estimate of drug-likeness (QED) is 0.766. The minimum Gasteiger partial charge on any atom is -0.377 e. The van der Waals surface area contributed by atoms with Crippen molar-refractivity contribution >= 4 is 10.0 Å². The van der Waals surface area contributed by atoms with Gasteiger partial charge >= 0.3 is 0 Å². The number of piperazine rings is 1. The maximum absolute atomic E-state index is 12.6. The first-order valence-corrected chi connectivity index (χ1v) is 9.02. The van der Waals surface area contributed by atoms with Crippen LogP contribution in [-0.4, -0.2) is 67.8 Å². The SMILES string of the molecule is CC1CN2CCCC2CN1S(=O)(=O)CC1CCCO1. The standard InChI is InChI=1S/C13H24N2O3S/c1-11-8-14-6-2-4-12(14)9-15(11)19(16,17)10-13-5-3-7-18-13/h11-13H,2-10H2,1H3. The minimum atomic E-state index is -3.17. The highest BCUT2D eigenvalue weighted by Crippen LogP contribution is 2.27. The Morgan fingerprint density at radius 1 is 1.21 bits per heavy atom. The Kier molecular flexibility index (Phi) is 3.86. The van der Waals surface area contributed by atoms with Gasteiger partial charge in [0.25, 0.3) is 0 Å². The van der Waals surface area contributed by atoms with Gasteiger partial charge in [0.05, 0.1) is 11.9 Å². The molecule has 3 atom stereocenters. The van der Waals surface area contributed by atoms with Gasteiger partial charge in [-0.2, -0.15) is 4.31 Å². The molecule has 0 radical (unpaired) electrons. The van der Waals surface area contributed by atoms with Crippen LogP contribution in [0.4, 0.5) is 0 Å². The van der Waals surface area contributed by atoms with Gasteiger partial charge in [-0.25, -0.2) is 8.42 Å². The van der Waals surface area contributed by atoms with Crippen LogP contribution in [0.25, 0.3) is 0 Å². The molecule has 6 heteroatoms. The lowest BCUT2D eigenvalue weighted by atomic mass is 10.1. The summed E-state index contributed by atoms with van der Waals surface area (Å²) < 4.78 is 32.4. The molecule has 3 fully saturated rings. The third-order valence-electron chi connectivity index (χ3n) is 4.66. The van der Waals surface area contributed by atoms with Crippen molar-refractivity contribution in [2.24, 2.45) is 0 Å². The Hall–Kier alpha value is -0.170. The van der Waals surface area contributed by atoms with Crippen molar-refractivity contribution < 1.29 is 13.2 Å². The van der Waals surface area contributed by atoms with Crippen molar-refractivity contribution in [2.45, 2.75) is 50.8 Å². The zero-order chi connectivity index (χ0) is 13.5. The molecule has 0 aromatic rings.